The number of rotatable bonds is 4. The van der Waals surface area contributed by atoms with Crippen molar-refractivity contribution >= 4 is 40.1 Å². The van der Waals surface area contributed by atoms with Crippen LogP contribution in [0.2, 0.25) is 0 Å². The van der Waals surface area contributed by atoms with Crippen molar-refractivity contribution in [3.63, 3.8) is 0 Å². The van der Waals surface area contributed by atoms with Crippen molar-refractivity contribution in [2.45, 2.75) is 12.4 Å². The van der Waals surface area contributed by atoms with E-state index in [-0.39, 0.29) is 26.3 Å². The van der Waals surface area contributed by atoms with E-state index in [0.717, 1.165) is 24.3 Å². The van der Waals surface area contributed by atoms with Gasteiger partial charge in [-0.1, -0.05) is 12.1 Å². The van der Waals surface area contributed by atoms with E-state index < -0.39 is 40.5 Å². The predicted octanol–water partition coefficient (Wildman–Crippen LogP) is 6.61. The van der Waals surface area contributed by atoms with Crippen molar-refractivity contribution in [3.8, 4) is 11.1 Å². The Morgan fingerprint density at radius 3 is 1.68 bits per heavy atom. The molecule has 0 aliphatic heterocycles. The summed E-state index contributed by atoms with van der Waals surface area (Å²) in [6, 6.07) is 11.0. The van der Waals surface area contributed by atoms with Crippen LogP contribution >= 0.6 is 22.6 Å². The van der Waals surface area contributed by atoms with Crippen molar-refractivity contribution in [2.75, 3.05) is 12.4 Å². The van der Waals surface area contributed by atoms with Gasteiger partial charge in [0.25, 0.3) is 11.8 Å². The first-order valence-electron chi connectivity index (χ1n) is 9.53. The summed E-state index contributed by atoms with van der Waals surface area (Å²) >= 11 is 1.65. The summed E-state index contributed by atoms with van der Waals surface area (Å²) in [6.07, 6.45) is -9.86. The van der Waals surface area contributed by atoms with Gasteiger partial charge in [0.05, 0.1) is 11.1 Å². The van der Waals surface area contributed by atoms with Crippen LogP contribution in [0.3, 0.4) is 0 Å². The maximum atomic E-state index is 13.8. The van der Waals surface area contributed by atoms with Crippen LogP contribution in [0.1, 0.15) is 31.8 Å². The number of carbonyl (C=O) groups excluding carboxylic acids is 2. The summed E-state index contributed by atoms with van der Waals surface area (Å²) < 4.78 is 82.2. The minimum Gasteiger partial charge on any atom is -0.355 e. The lowest BCUT2D eigenvalue weighted by molar-refractivity contribution is -0.139. The molecule has 0 unspecified atom stereocenters. The van der Waals surface area contributed by atoms with Crippen LogP contribution in [-0.2, 0) is 12.4 Å². The summed E-state index contributed by atoms with van der Waals surface area (Å²) in [5.74, 6) is -1.14. The average Bonchev–Trinajstić information content (AvgIpc) is 2.77. The SMILES string of the molecule is CNC(=O)c1ccc(C(=O)Nc2ccc(-c3ccc(I)cc3C(F)(F)F)c(C(F)(F)F)c2)cc1. The first kappa shape index (κ1) is 25.5. The number of hydrogen-bond acceptors (Lipinski definition) is 2. The fourth-order valence-electron chi connectivity index (χ4n) is 3.20. The van der Waals surface area contributed by atoms with Gasteiger partial charge in [-0.15, -0.1) is 0 Å². The van der Waals surface area contributed by atoms with Crippen LogP contribution in [0.15, 0.2) is 60.7 Å². The molecule has 178 valence electrons. The molecule has 3 aromatic rings. The zero-order valence-corrected chi connectivity index (χ0v) is 19.4. The third-order valence-corrected chi connectivity index (χ3v) is 5.47. The summed E-state index contributed by atoms with van der Waals surface area (Å²) in [6.45, 7) is 0. The van der Waals surface area contributed by atoms with Gasteiger partial charge in [0.15, 0.2) is 0 Å². The molecule has 0 fully saturated rings. The lowest BCUT2D eigenvalue weighted by Gasteiger charge is -2.19. The smallest absolute Gasteiger partial charge is 0.355 e. The van der Waals surface area contributed by atoms with Crippen molar-refractivity contribution < 1.29 is 35.9 Å². The van der Waals surface area contributed by atoms with E-state index in [1.165, 1.54) is 37.4 Å². The topological polar surface area (TPSA) is 58.2 Å². The van der Waals surface area contributed by atoms with Crippen LogP contribution in [0, 0.1) is 3.57 Å². The van der Waals surface area contributed by atoms with Gasteiger partial charge in [-0.05, 0) is 82.2 Å². The molecule has 0 saturated carbocycles. The van der Waals surface area contributed by atoms with Gasteiger partial charge in [0, 0.05) is 27.4 Å². The Hall–Kier alpha value is -3.09. The number of anilines is 1. The molecule has 0 spiro atoms. The Balaban J connectivity index is 2.00. The molecule has 2 N–H and O–H groups in total. The quantitative estimate of drug-likeness (QED) is 0.265. The second-order valence-corrected chi connectivity index (χ2v) is 8.30. The van der Waals surface area contributed by atoms with Crippen molar-refractivity contribution in [1.29, 1.82) is 0 Å². The maximum Gasteiger partial charge on any atom is 0.417 e. The molecule has 0 atom stereocenters. The third kappa shape index (κ3) is 5.69. The summed E-state index contributed by atoms with van der Waals surface area (Å²) in [5.41, 5.74) is -3.71. The minimum absolute atomic E-state index is 0.0716. The Morgan fingerprint density at radius 1 is 0.706 bits per heavy atom. The normalized spacial score (nSPS) is 11.8. The minimum atomic E-state index is -4.99. The van der Waals surface area contributed by atoms with E-state index in [4.69, 9.17) is 0 Å². The monoisotopic (exact) mass is 592 g/mol. The highest BCUT2D eigenvalue weighted by molar-refractivity contribution is 14.1. The van der Waals surface area contributed by atoms with Gasteiger partial charge in [0.2, 0.25) is 0 Å². The Bertz CT molecular complexity index is 1240. The number of amides is 2. The molecule has 0 saturated heterocycles. The number of benzene rings is 3. The van der Waals surface area contributed by atoms with Crippen LogP contribution in [0.25, 0.3) is 11.1 Å². The molecule has 4 nitrogen and oxygen atoms in total. The lowest BCUT2D eigenvalue weighted by atomic mass is 9.94. The maximum absolute atomic E-state index is 13.8. The molecule has 11 heteroatoms. The molecule has 3 rings (SSSR count). The molecule has 3 aromatic carbocycles. The van der Waals surface area contributed by atoms with Crippen molar-refractivity contribution in [2.24, 2.45) is 0 Å². The van der Waals surface area contributed by atoms with Crippen LogP contribution in [0.5, 0.6) is 0 Å². The Morgan fingerprint density at radius 2 is 1.18 bits per heavy atom. The van der Waals surface area contributed by atoms with E-state index in [2.05, 4.69) is 10.6 Å². The fourth-order valence-corrected chi connectivity index (χ4v) is 3.69. The Kier molecular flexibility index (Phi) is 7.24. The third-order valence-electron chi connectivity index (χ3n) is 4.80. The highest BCUT2D eigenvalue weighted by Crippen LogP contribution is 2.44. The van der Waals surface area contributed by atoms with Gasteiger partial charge < -0.3 is 10.6 Å². The average molecular weight is 592 g/mol. The van der Waals surface area contributed by atoms with E-state index in [0.29, 0.717) is 6.07 Å². The number of halogens is 7. The van der Waals surface area contributed by atoms with E-state index in [9.17, 15) is 35.9 Å². The van der Waals surface area contributed by atoms with E-state index in [1.807, 2.05) is 0 Å². The fraction of sp³-hybridized carbons (Fsp3) is 0.130. The highest BCUT2D eigenvalue weighted by Gasteiger charge is 2.38. The van der Waals surface area contributed by atoms with E-state index >= 15 is 0 Å². The molecular formula is C23H15F6IN2O2. The standard InChI is InChI=1S/C23H15F6IN2O2/c1-31-20(33)12-2-4-13(5-3-12)21(34)32-15-7-9-17(19(11-15)23(27,28)29)16-8-6-14(30)10-18(16)22(24,25)26/h2-11H,1H3,(H,31,33)(H,32,34). The second-order valence-electron chi connectivity index (χ2n) is 7.06. The summed E-state index contributed by atoms with van der Waals surface area (Å²) in [4.78, 5) is 24.0. The molecule has 0 aliphatic carbocycles. The number of alkyl halides is 6. The Labute approximate surface area is 203 Å². The van der Waals surface area contributed by atoms with Gasteiger partial charge in [-0.25, -0.2) is 0 Å². The second kappa shape index (κ2) is 9.65. The van der Waals surface area contributed by atoms with Gasteiger partial charge in [-0.2, -0.15) is 26.3 Å². The zero-order chi connectivity index (χ0) is 25.3. The largest absolute Gasteiger partial charge is 0.417 e. The number of nitrogens with one attached hydrogen (secondary N) is 2. The zero-order valence-electron chi connectivity index (χ0n) is 17.2. The van der Waals surface area contributed by atoms with Crippen LogP contribution in [0.4, 0.5) is 32.0 Å². The van der Waals surface area contributed by atoms with Crippen LogP contribution in [-0.4, -0.2) is 18.9 Å². The number of carbonyl (C=O) groups is 2. The number of hydrogen-bond donors (Lipinski definition) is 2. The van der Waals surface area contributed by atoms with Crippen molar-refractivity contribution in [3.05, 3.63) is 86.5 Å². The summed E-state index contributed by atoms with van der Waals surface area (Å²) in [5, 5.41) is 4.71. The van der Waals surface area contributed by atoms with E-state index in [1.54, 1.807) is 22.6 Å². The molecule has 0 aromatic heterocycles. The molecule has 0 radical (unpaired) electrons. The highest BCUT2D eigenvalue weighted by atomic mass is 127. The van der Waals surface area contributed by atoms with Gasteiger partial charge in [0.1, 0.15) is 0 Å². The first-order valence-corrected chi connectivity index (χ1v) is 10.6. The summed E-state index contributed by atoms with van der Waals surface area (Å²) in [7, 11) is 1.43. The van der Waals surface area contributed by atoms with Crippen molar-refractivity contribution in [1.82, 2.24) is 5.32 Å². The molecule has 0 heterocycles. The molecule has 0 aliphatic rings. The van der Waals surface area contributed by atoms with Gasteiger partial charge in [-0.3, -0.25) is 9.59 Å². The first-order chi connectivity index (χ1) is 15.8. The molecule has 0 bridgehead atoms. The predicted molar refractivity (Wildman–Crippen MR) is 122 cm³/mol. The molecule has 2 amide bonds. The molecule has 34 heavy (non-hydrogen) atoms. The van der Waals surface area contributed by atoms with Crippen LogP contribution < -0.4 is 10.6 Å². The molecular weight excluding hydrogens is 577 g/mol. The van der Waals surface area contributed by atoms with Gasteiger partial charge >= 0.3 is 12.4 Å². The lowest BCUT2D eigenvalue weighted by Crippen LogP contribution is -2.18.